The predicted molar refractivity (Wildman–Crippen MR) is 75.9 cm³/mol. The second kappa shape index (κ2) is 4.28. The Bertz CT molecular complexity index is 817. The van der Waals surface area contributed by atoms with Gasteiger partial charge in [0.1, 0.15) is 0 Å². The molecule has 0 bridgehead atoms. The van der Waals surface area contributed by atoms with Crippen LogP contribution >= 0.6 is 0 Å². The molecular weight excluding hydrogens is 272 g/mol. The van der Waals surface area contributed by atoms with Crippen LogP contribution in [0.1, 0.15) is 41.3 Å². The third kappa shape index (κ3) is 1.72. The largest absolute Gasteiger partial charge is 0.289 e. The molecule has 0 amide bonds. The van der Waals surface area contributed by atoms with Gasteiger partial charge in [-0.15, -0.1) is 0 Å². The van der Waals surface area contributed by atoms with Crippen LogP contribution in [-0.4, -0.2) is 14.2 Å². The average Bonchev–Trinajstić information content (AvgIpc) is 2.44. The molecule has 0 spiro atoms. The van der Waals surface area contributed by atoms with Crippen LogP contribution in [0, 0.1) is 0 Å². The van der Waals surface area contributed by atoms with Gasteiger partial charge in [0.05, 0.1) is 9.79 Å². The number of carbonyl (C=O) groups is 1. The third-order valence-corrected chi connectivity index (χ3v) is 5.48. The van der Waals surface area contributed by atoms with E-state index >= 15 is 0 Å². The number of ketones is 1. The molecule has 20 heavy (non-hydrogen) atoms. The van der Waals surface area contributed by atoms with Crippen LogP contribution in [0.25, 0.3) is 0 Å². The van der Waals surface area contributed by atoms with E-state index in [2.05, 4.69) is 0 Å². The summed E-state index contributed by atoms with van der Waals surface area (Å²) in [6.07, 6.45) is 0. The molecule has 0 N–H and O–H groups in total. The minimum Gasteiger partial charge on any atom is -0.289 e. The Morgan fingerprint density at radius 2 is 1.55 bits per heavy atom. The van der Waals surface area contributed by atoms with Gasteiger partial charge in [0.25, 0.3) is 0 Å². The van der Waals surface area contributed by atoms with Gasteiger partial charge in [-0.05, 0) is 35.7 Å². The number of hydrogen-bond donors (Lipinski definition) is 0. The maximum Gasteiger partial charge on any atom is 0.208 e. The number of carbonyl (C=O) groups excluding carboxylic acids is 1. The maximum atomic E-state index is 12.7. The lowest BCUT2D eigenvalue weighted by Gasteiger charge is -2.20. The van der Waals surface area contributed by atoms with Crippen LogP contribution in [0.2, 0.25) is 0 Å². The summed E-state index contributed by atoms with van der Waals surface area (Å²) >= 11 is 0. The lowest BCUT2D eigenvalue weighted by atomic mass is 9.97. The molecule has 0 radical (unpaired) electrons. The molecule has 0 aromatic heterocycles. The molecule has 0 fully saturated rings. The van der Waals surface area contributed by atoms with Gasteiger partial charge in [0.15, 0.2) is 5.78 Å². The molecule has 4 heteroatoms. The van der Waals surface area contributed by atoms with Crippen molar-refractivity contribution in [2.24, 2.45) is 0 Å². The maximum absolute atomic E-state index is 12.7. The summed E-state index contributed by atoms with van der Waals surface area (Å²) in [5, 5.41) is 0. The first-order valence-corrected chi connectivity index (χ1v) is 7.94. The standard InChI is InChI=1S/C16H14O3S/c1-10(2)11-7-8-13-15(9-11)20(18,19)14-6-4-3-5-12(14)16(13)17/h3-10H,1-2H3. The average molecular weight is 286 g/mol. The molecule has 1 aliphatic heterocycles. The predicted octanol–water partition coefficient (Wildman–Crippen LogP) is 3.19. The van der Waals surface area contributed by atoms with E-state index in [0.29, 0.717) is 0 Å². The summed E-state index contributed by atoms with van der Waals surface area (Å²) in [5.41, 5.74) is 1.45. The monoisotopic (exact) mass is 286 g/mol. The van der Waals surface area contributed by atoms with Crippen molar-refractivity contribution in [2.75, 3.05) is 0 Å². The van der Waals surface area contributed by atoms with Gasteiger partial charge in [0, 0.05) is 11.1 Å². The summed E-state index contributed by atoms with van der Waals surface area (Å²) in [7, 11) is -3.61. The number of fused-ring (bicyclic) bond motifs is 2. The zero-order chi connectivity index (χ0) is 14.5. The molecule has 2 aromatic rings. The number of rotatable bonds is 1. The normalized spacial score (nSPS) is 15.8. The van der Waals surface area contributed by atoms with E-state index in [-0.39, 0.29) is 32.6 Å². The minimum atomic E-state index is -3.61. The van der Waals surface area contributed by atoms with Crippen LogP contribution in [-0.2, 0) is 9.84 Å². The fourth-order valence-corrected chi connectivity index (χ4v) is 4.15. The highest BCUT2D eigenvalue weighted by molar-refractivity contribution is 7.91. The van der Waals surface area contributed by atoms with Crippen LogP contribution in [0.3, 0.4) is 0 Å². The first-order chi connectivity index (χ1) is 9.43. The third-order valence-electron chi connectivity index (χ3n) is 3.63. The quantitative estimate of drug-likeness (QED) is 0.690. The van der Waals surface area contributed by atoms with E-state index in [4.69, 9.17) is 0 Å². The van der Waals surface area contributed by atoms with E-state index in [1.807, 2.05) is 19.9 Å². The van der Waals surface area contributed by atoms with Gasteiger partial charge >= 0.3 is 0 Å². The van der Waals surface area contributed by atoms with Crippen molar-refractivity contribution < 1.29 is 13.2 Å². The number of hydrogen-bond acceptors (Lipinski definition) is 3. The van der Waals surface area contributed by atoms with Crippen molar-refractivity contribution in [3.05, 3.63) is 59.2 Å². The molecule has 3 nitrogen and oxygen atoms in total. The van der Waals surface area contributed by atoms with Gasteiger partial charge in [-0.2, -0.15) is 0 Å². The summed E-state index contributed by atoms with van der Waals surface area (Å²) < 4.78 is 25.3. The van der Waals surface area contributed by atoms with Crippen LogP contribution < -0.4 is 0 Å². The molecule has 1 aliphatic rings. The van der Waals surface area contributed by atoms with E-state index < -0.39 is 9.84 Å². The highest BCUT2D eigenvalue weighted by atomic mass is 32.2. The Morgan fingerprint density at radius 1 is 0.900 bits per heavy atom. The van der Waals surface area contributed by atoms with Crippen LogP contribution in [0.15, 0.2) is 52.3 Å². The molecule has 2 aromatic carbocycles. The van der Waals surface area contributed by atoms with E-state index in [9.17, 15) is 13.2 Å². The Morgan fingerprint density at radius 3 is 2.25 bits per heavy atom. The highest BCUT2D eigenvalue weighted by Gasteiger charge is 2.34. The number of benzene rings is 2. The first kappa shape index (κ1) is 13.1. The highest BCUT2D eigenvalue weighted by Crippen LogP contribution is 2.35. The summed E-state index contributed by atoms with van der Waals surface area (Å²) in [6.45, 7) is 3.99. The molecule has 0 saturated heterocycles. The van der Waals surface area contributed by atoms with Crippen molar-refractivity contribution in [3.8, 4) is 0 Å². The van der Waals surface area contributed by atoms with Gasteiger partial charge in [0.2, 0.25) is 9.84 Å². The molecule has 1 heterocycles. The van der Waals surface area contributed by atoms with E-state index in [1.54, 1.807) is 30.3 Å². The molecule has 0 aliphatic carbocycles. The Hall–Kier alpha value is -1.94. The Kier molecular flexibility index (Phi) is 2.80. The fourth-order valence-electron chi connectivity index (χ4n) is 2.46. The molecule has 0 saturated carbocycles. The molecular formula is C16H14O3S. The van der Waals surface area contributed by atoms with Crippen molar-refractivity contribution >= 4 is 15.6 Å². The molecule has 0 unspecified atom stereocenters. The lowest BCUT2D eigenvalue weighted by Crippen LogP contribution is -2.20. The first-order valence-electron chi connectivity index (χ1n) is 6.45. The second-order valence-corrected chi connectivity index (χ2v) is 7.13. The minimum absolute atomic E-state index is 0.110. The van der Waals surface area contributed by atoms with E-state index in [1.165, 1.54) is 6.07 Å². The Labute approximate surface area is 118 Å². The van der Waals surface area contributed by atoms with Gasteiger partial charge < -0.3 is 0 Å². The molecule has 0 atom stereocenters. The van der Waals surface area contributed by atoms with Crippen molar-refractivity contribution in [1.29, 1.82) is 0 Å². The van der Waals surface area contributed by atoms with Crippen LogP contribution in [0.5, 0.6) is 0 Å². The lowest BCUT2D eigenvalue weighted by molar-refractivity contribution is 0.103. The Balaban J connectivity index is 2.36. The van der Waals surface area contributed by atoms with Crippen molar-refractivity contribution in [3.63, 3.8) is 0 Å². The van der Waals surface area contributed by atoms with Crippen LogP contribution in [0.4, 0.5) is 0 Å². The summed E-state index contributed by atoms with van der Waals surface area (Å²) in [5.74, 6) is -0.0106. The fraction of sp³-hybridized carbons (Fsp3) is 0.188. The zero-order valence-electron chi connectivity index (χ0n) is 11.3. The topological polar surface area (TPSA) is 51.2 Å². The van der Waals surface area contributed by atoms with Crippen molar-refractivity contribution in [2.45, 2.75) is 29.6 Å². The van der Waals surface area contributed by atoms with Gasteiger partial charge in [-0.25, -0.2) is 8.42 Å². The molecule has 3 rings (SSSR count). The second-order valence-electron chi connectivity index (χ2n) is 5.24. The van der Waals surface area contributed by atoms with Gasteiger partial charge in [-0.1, -0.05) is 32.0 Å². The molecule has 102 valence electrons. The van der Waals surface area contributed by atoms with Gasteiger partial charge in [-0.3, -0.25) is 4.79 Å². The SMILES string of the molecule is CC(C)c1ccc2c(c1)S(=O)(=O)c1ccccc1C2=O. The van der Waals surface area contributed by atoms with Crippen molar-refractivity contribution in [1.82, 2.24) is 0 Å². The number of sulfone groups is 1. The zero-order valence-corrected chi connectivity index (χ0v) is 12.1. The summed E-state index contributed by atoms with van der Waals surface area (Å²) in [4.78, 5) is 12.7. The van der Waals surface area contributed by atoms with E-state index in [0.717, 1.165) is 5.56 Å². The smallest absolute Gasteiger partial charge is 0.208 e. The summed E-state index contributed by atoms with van der Waals surface area (Å²) in [6, 6.07) is 11.5.